The van der Waals surface area contributed by atoms with Crippen molar-refractivity contribution in [1.29, 1.82) is 0 Å². The molecule has 6 heteroatoms. The summed E-state index contributed by atoms with van der Waals surface area (Å²) in [5.41, 5.74) is 0.762. The summed E-state index contributed by atoms with van der Waals surface area (Å²) in [6.07, 6.45) is 5.29. The first-order valence-electron chi connectivity index (χ1n) is 9.19. The first-order chi connectivity index (χ1) is 13.0. The van der Waals surface area contributed by atoms with E-state index in [0.29, 0.717) is 10.6 Å². The number of hydrogen-bond donors (Lipinski definition) is 3. The van der Waals surface area contributed by atoms with Gasteiger partial charge in [-0.05, 0) is 42.7 Å². The average Bonchev–Trinajstić information content (AvgIpc) is 2.68. The molecule has 0 heterocycles. The Morgan fingerprint density at radius 2 is 1.67 bits per heavy atom. The number of phenols is 1. The van der Waals surface area contributed by atoms with Crippen LogP contribution in [0.1, 0.15) is 54.1 Å². The van der Waals surface area contributed by atoms with Crippen LogP contribution in [0.15, 0.2) is 48.5 Å². The number of carbonyl (C=O) groups excluding carboxylic acids is 2. The van der Waals surface area contributed by atoms with Crippen LogP contribution in [0.25, 0.3) is 0 Å². The Kier molecular flexibility index (Phi) is 6.35. The normalized spacial score (nSPS) is 15.7. The highest BCUT2D eigenvalue weighted by atomic mass is 35.5. The quantitative estimate of drug-likeness (QED) is 0.727. The third-order valence-corrected chi connectivity index (χ3v) is 5.09. The standard InChI is InChI=1S/C21H23ClN2O3/c22-15-12-10-14(11-13-15)19(21(27)23-16-6-2-1-3-7-16)24-20(26)17-8-4-5-9-18(17)25/h4-5,8-13,16,19,25H,1-3,6-7H2,(H,23,27)(H,24,26). The van der Waals surface area contributed by atoms with E-state index in [-0.39, 0.29) is 23.3 Å². The van der Waals surface area contributed by atoms with Crippen LogP contribution < -0.4 is 10.6 Å². The van der Waals surface area contributed by atoms with Gasteiger partial charge in [-0.3, -0.25) is 9.59 Å². The summed E-state index contributed by atoms with van der Waals surface area (Å²) in [7, 11) is 0. The predicted molar refractivity (Wildman–Crippen MR) is 105 cm³/mol. The third-order valence-electron chi connectivity index (χ3n) is 4.84. The SMILES string of the molecule is O=C(NC(C(=O)NC1CCCCC1)c1ccc(Cl)cc1)c1ccccc1O. The Balaban J connectivity index is 1.80. The Morgan fingerprint density at radius 3 is 2.33 bits per heavy atom. The lowest BCUT2D eigenvalue weighted by molar-refractivity contribution is -0.124. The maximum Gasteiger partial charge on any atom is 0.255 e. The summed E-state index contributed by atoms with van der Waals surface area (Å²) < 4.78 is 0. The molecule has 1 fully saturated rings. The van der Waals surface area contributed by atoms with Crippen LogP contribution in [0.2, 0.25) is 5.02 Å². The van der Waals surface area contributed by atoms with Crippen molar-refractivity contribution in [3.63, 3.8) is 0 Å². The van der Waals surface area contributed by atoms with Gasteiger partial charge in [-0.25, -0.2) is 0 Å². The zero-order chi connectivity index (χ0) is 19.2. The fourth-order valence-electron chi connectivity index (χ4n) is 3.36. The smallest absolute Gasteiger partial charge is 0.255 e. The molecule has 1 aliphatic rings. The highest BCUT2D eigenvalue weighted by molar-refractivity contribution is 6.30. The van der Waals surface area contributed by atoms with Gasteiger partial charge in [0, 0.05) is 11.1 Å². The number of halogens is 1. The van der Waals surface area contributed by atoms with Crippen molar-refractivity contribution in [2.24, 2.45) is 0 Å². The summed E-state index contributed by atoms with van der Waals surface area (Å²) in [5, 5.41) is 16.3. The van der Waals surface area contributed by atoms with Crippen molar-refractivity contribution < 1.29 is 14.7 Å². The van der Waals surface area contributed by atoms with Crippen molar-refractivity contribution in [2.45, 2.75) is 44.2 Å². The van der Waals surface area contributed by atoms with E-state index in [0.717, 1.165) is 25.7 Å². The molecule has 1 saturated carbocycles. The molecule has 27 heavy (non-hydrogen) atoms. The molecule has 0 radical (unpaired) electrons. The lowest BCUT2D eigenvalue weighted by Crippen LogP contribution is -2.45. The number of phenolic OH excluding ortho intramolecular Hbond substituents is 1. The largest absolute Gasteiger partial charge is 0.507 e. The molecule has 5 nitrogen and oxygen atoms in total. The summed E-state index contributed by atoms with van der Waals surface area (Å²) in [5.74, 6) is -0.891. The van der Waals surface area contributed by atoms with E-state index in [2.05, 4.69) is 10.6 Å². The van der Waals surface area contributed by atoms with E-state index in [1.807, 2.05) is 0 Å². The molecular weight excluding hydrogens is 364 g/mol. The minimum Gasteiger partial charge on any atom is -0.507 e. The van der Waals surface area contributed by atoms with Crippen LogP contribution in [0, 0.1) is 0 Å². The lowest BCUT2D eigenvalue weighted by Gasteiger charge is -2.26. The number of amides is 2. The Morgan fingerprint density at radius 1 is 1.00 bits per heavy atom. The van der Waals surface area contributed by atoms with Crippen LogP contribution >= 0.6 is 11.6 Å². The maximum absolute atomic E-state index is 12.9. The van der Waals surface area contributed by atoms with E-state index in [1.54, 1.807) is 36.4 Å². The van der Waals surface area contributed by atoms with E-state index in [4.69, 9.17) is 11.6 Å². The number of carbonyl (C=O) groups is 2. The lowest BCUT2D eigenvalue weighted by atomic mass is 9.95. The second-order valence-electron chi connectivity index (χ2n) is 6.82. The maximum atomic E-state index is 12.9. The van der Waals surface area contributed by atoms with E-state index in [9.17, 15) is 14.7 Å². The van der Waals surface area contributed by atoms with Gasteiger partial charge < -0.3 is 15.7 Å². The molecule has 2 aromatic carbocycles. The van der Waals surface area contributed by atoms with Gasteiger partial charge in [0.15, 0.2) is 0 Å². The number of aromatic hydroxyl groups is 1. The number of nitrogens with one attached hydrogen (secondary N) is 2. The molecule has 0 spiro atoms. The zero-order valence-corrected chi connectivity index (χ0v) is 15.7. The average molecular weight is 387 g/mol. The number of benzene rings is 2. The number of rotatable bonds is 5. The molecule has 1 unspecified atom stereocenters. The Hall–Kier alpha value is -2.53. The summed E-state index contributed by atoms with van der Waals surface area (Å²) in [4.78, 5) is 25.6. The molecular formula is C21H23ClN2O3. The van der Waals surface area contributed by atoms with Gasteiger partial charge in [0.05, 0.1) is 5.56 Å². The topological polar surface area (TPSA) is 78.4 Å². The van der Waals surface area contributed by atoms with Gasteiger partial charge in [0.2, 0.25) is 5.91 Å². The molecule has 3 rings (SSSR count). The Bertz CT molecular complexity index is 801. The molecule has 2 amide bonds. The third kappa shape index (κ3) is 5.01. The van der Waals surface area contributed by atoms with Gasteiger partial charge in [0.25, 0.3) is 5.91 Å². The van der Waals surface area contributed by atoms with E-state index in [1.165, 1.54) is 18.6 Å². The van der Waals surface area contributed by atoms with Crippen molar-refractivity contribution in [2.75, 3.05) is 0 Å². The first-order valence-corrected chi connectivity index (χ1v) is 9.57. The van der Waals surface area contributed by atoms with Gasteiger partial charge >= 0.3 is 0 Å². The van der Waals surface area contributed by atoms with Gasteiger partial charge in [-0.15, -0.1) is 0 Å². The van der Waals surface area contributed by atoms with Crippen molar-refractivity contribution in [3.8, 4) is 5.75 Å². The second kappa shape index (κ2) is 8.91. The highest BCUT2D eigenvalue weighted by Gasteiger charge is 2.26. The highest BCUT2D eigenvalue weighted by Crippen LogP contribution is 2.22. The van der Waals surface area contributed by atoms with Crippen LogP contribution in [-0.4, -0.2) is 23.0 Å². The van der Waals surface area contributed by atoms with Crippen molar-refractivity contribution in [1.82, 2.24) is 10.6 Å². The van der Waals surface area contributed by atoms with Gasteiger partial charge in [0.1, 0.15) is 11.8 Å². The van der Waals surface area contributed by atoms with Gasteiger partial charge in [-0.2, -0.15) is 0 Å². The molecule has 0 aromatic heterocycles. The van der Waals surface area contributed by atoms with Crippen LogP contribution in [0.3, 0.4) is 0 Å². The Labute approximate surface area is 163 Å². The van der Waals surface area contributed by atoms with Crippen LogP contribution in [0.4, 0.5) is 0 Å². The van der Waals surface area contributed by atoms with Crippen LogP contribution in [0.5, 0.6) is 5.75 Å². The fraction of sp³-hybridized carbons (Fsp3) is 0.333. The fourth-order valence-corrected chi connectivity index (χ4v) is 3.49. The summed E-state index contributed by atoms with van der Waals surface area (Å²) >= 11 is 5.95. The first kappa shape index (κ1) is 19.2. The monoisotopic (exact) mass is 386 g/mol. The molecule has 0 aliphatic heterocycles. The molecule has 2 aromatic rings. The van der Waals surface area contributed by atoms with Crippen molar-refractivity contribution in [3.05, 3.63) is 64.7 Å². The molecule has 1 aliphatic carbocycles. The molecule has 0 saturated heterocycles. The van der Waals surface area contributed by atoms with Crippen LogP contribution in [-0.2, 0) is 4.79 Å². The van der Waals surface area contributed by atoms with Gasteiger partial charge in [-0.1, -0.05) is 55.1 Å². The zero-order valence-electron chi connectivity index (χ0n) is 15.0. The summed E-state index contributed by atoms with van der Waals surface area (Å²) in [6, 6.07) is 12.3. The minimum absolute atomic E-state index is 0.127. The molecule has 3 N–H and O–H groups in total. The van der Waals surface area contributed by atoms with E-state index < -0.39 is 11.9 Å². The van der Waals surface area contributed by atoms with Crippen molar-refractivity contribution >= 4 is 23.4 Å². The number of para-hydroxylation sites is 1. The second-order valence-corrected chi connectivity index (χ2v) is 7.26. The minimum atomic E-state index is -0.865. The molecule has 0 bridgehead atoms. The predicted octanol–water partition coefficient (Wildman–Crippen LogP) is 3.97. The molecule has 1 atom stereocenters. The number of hydrogen-bond acceptors (Lipinski definition) is 3. The van der Waals surface area contributed by atoms with E-state index >= 15 is 0 Å². The summed E-state index contributed by atoms with van der Waals surface area (Å²) in [6.45, 7) is 0. The molecule has 142 valence electrons.